The molecule has 0 atom stereocenters. The number of alkyl halides is 4. The molecule has 2 aromatic carbocycles. The van der Waals surface area contributed by atoms with Crippen LogP contribution in [-0.4, -0.2) is 30.4 Å². The minimum atomic E-state index is -4.62. The molecule has 0 fully saturated rings. The molecule has 2 aromatic rings. The van der Waals surface area contributed by atoms with Gasteiger partial charge >= 0.3 is 12.5 Å². The van der Waals surface area contributed by atoms with Gasteiger partial charge in [-0.2, -0.15) is 17.6 Å². The van der Waals surface area contributed by atoms with Crippen molar-refractivity contribution in [2.45, 2.75) is 32.4 Å². The van der Waals surface area contributed by atoms with E-state index >= 15 is 0 Å². The summed E-state index contributed by atoms with van der Waals surface area (Å²) in [6.07, 6.45) is -7.27. The standard InChI is InChI=1S/C21H20F4N2O3/c1-13(2)26-19(29)17(27-18(28)15-6-4-3-5-7-15)12-14-8-10-16(11-9-14)30-21(24,25)20(22)23/h3-13,20H,1-2H3,(H,26,29)(H,27,28)/b17-12+. The van der Waals surface area contributed by atoms with E-state index in [9.17, 15) is 27.2 Å². The van der Waals surface area contributed by atoms with Crippen LogP contribution in [0.3, 0.4) is 0 Å². The molecule has 2 rings (SSSR count). The lowest BCUT2D eigenvalue weighted by atomic mass is 10.1. The van der Waals surface area contributed by atoms with E-state index < -0.39 is 30.1 Å². The van der Waals surface area contributed by atoms with Crippen LogP contribution < -0.4 is 15.4 Å². The van der Waals surface area contributed by atoms with Crippen molar-refractivity contribution in [3.8, 4) is 5.75 Å². The zero-order chi connectivity index (χ0) is 22.3. The molecular weight excluding hydrogens is 404 g/mol. The van der Waals surface area contributed by atoms with Crippen LogP contribution >= 0.6 is 0 Å². The number of benzene rings is 2. The first-order chi connectivity index (χ1) is 14.1. The number of rotatable bonds is 8. The molecule has 2 amide bonds. The van der Waals surface area contributed by atoms with Gasteiger partial charge < -0.3 is 15.4 Å². The zero-order valence-corrected chi connectivity index (χ0v) is 16.2. The Balaban J connectivity index is 2.24. The maximum absolute atomic E-state index is 13.0. The van der Waals surface area contributed by atoms with Gasteiger partial charge in [0.2, 0.25) is 0 Å². The van der Waals surface area contributed by atoms with Crippen LogP contribution in [0.15, 0.2) is 60.3 Å². The lowest BCUT2D eigenvalue weighted by Gasteiger charge is -2.17. The third-order valence-corrected chi connectivity index (χ3v) is 3.65. The Morgan fingerprint density at radius 3 is 2.13 bits per heavy atom. The van der Waals surface area contributed by atoms with Gasteiger partial charge in [0.05, 0.1) is 0 Å². The van der Waals surface area contributed by atoms with E-state index in [0.29, 0.717) is 11.1 Å². The van der Waals surface area contributed by atoms with E-state index in [-0.39, 0.29) is 11.7 Å². The SMILES string of the molecule is CC(C)NC(=O)/C(=C\c1ccc(OC(F)(F)C(F)F)cc1)NC(=O)c1ccccc1. The van der Waals surface area contributed by atoms with Crippen molar-refractivity contribution in [2.24, 2.45) is 0 Å². The summed E-state index contributed by atoms with van der Waals surface area (Å²) in [5.41, 5.74) is 0.604. The highest BCUT2D eigenvalue weighted by Crippen LogP contribution is 2.27. The predicted molar refractivity (Wildman–Crippen MR) is 103 cm³/mol. The Morgan fingerprint density at radius 2 is 1.60 bits per heavy atom. The number of hydrogen-bond donors (Lipinski definition) is 2. The number of hydrogen-bond acceptors (Lipinski definition) is 3. The number of carbonyl (C=O) groups excluding carboxylic acids is 2. The summed E-state index contributed by atoms with van der Waals surface area (Å²) in [5, 5.41) is 5.16. The van der Waals surface area contributed by atoms with Crippen molar-refractivity contribution in [1.82, 2.24) is 10.6 Å². The topological polar surface area (TPSA) is 67.4 Å². The number of halogens is 4. The molecule has 2 N–H and O–H groups in total. The van der Waals surface area contributed by atoms with Crippen molar-refractivity contribution in [1.29, 1.82) is 0 Å². The largest absolute Gasteiger partial charge is 0.461 e. The maximum atomic E-state index is 13.0. The minimum absolute atomic E-state index is 0.0795. The van der Waals surface area contributed by atoms with Crippen LogP contribution in [0.25, 0.3) is 6.08 Å². The first-order valence-electron chi connectivity index (χ1n) is 8.92. The second-order valence-corrected chi connectivity index (χ2v) is 6.54. The van der Waals surface area contributed by atoms with Gasteiger partial charge in [0.25, 0.3) is 11.8 Å². The zero-order valence-electron chi connectivity index (χ0n) is 16.2. The fourth-order valence-electron chi connectivity index (χ4n) is 2.28. The molecule has 0 aliphatic rings. The van der Waals surface area contributed by atoms with Crippen LogP contribution in [0.4, 0.5) is 17.6 Å². The van der Waals surface area contributed by atoms with E-state index in [1.54, 1.807) is 44.2 Å². The van der Waals surface area contributed by atoms with Crippen LogP contribution in [-0.2, 0) is 4.79 Å². The monoisotopic (exact) mass is 424 g/mol. The Bertz CT molecular complexity index is 898. The lowest BCUT2D eigenvalue weighted by Crippen LogP contribution is -2.38. The van der Waals surface area contributed by atoms with Gasteiger partial charge in [-0.05, 0) is 49.8 Å². The first kappa shape index (κ1) is 22.9. The van der Waals surface area contributed by atoms with E-state index in [4.69, 9.17) is 0 Å². The van der Waals surface area contributed by atoms with Crippen LogP contribution in [0.1, 0.15) is 29.8 Å². The molecule has 0 bridgehead atoms. The molecule has 30 heavy (non-hydrogen) atoms. The van der Waals surface area contributed by atoms with E-state index in [1.165, 1.54) is 18.2 Å². The number of amides is 2. The summed E-state index contributed by atoms with van der Waals surface area (Å²) >= 11 is 0. The molecule has 9 heteroatoms. The third-order valence-electron chi connectivity index (χ3n) is 3.65. The van der Waals surface area contributed by atoms with Gasteiger partial charge in [-0.25, -0.2) is 0 Å². The number of carbonyl (C=O) groups is 2. The normalized spacial score (nSPS) is 12.1. The molecule has 5 nitrogen and oxygen atoms in total. The highest BCUT2D eigenvalue weighted by atomic mass is 19.3. The van der Waals surface area contributed by atoms with Crippen molar-refractivity contribution in [2.75, 3.05) is 0 Å². The average molecular weight is 424 g/mol. The average Bonchev–Trinajstić information content (AvgIpc) is 2.68. The van der Waals surface area contributed by atoms with E-state index in [0.717, 1.165) is 12.1 Å². The summed E-state index contributed by atoms with van der Waals surface area (Å²) in [4.78, 5) is 24.9. The van der Waals surface area contributed by atoms with Gasteiger partial charge in [0, 0.05) is 11.6 Å². The van der Waals surface area contributed by atoms with Crippen LogP contribution in [0.5, 0.6) is 5.75 Å². The molecule has 0 spiro atoms. The molecule has 160 valence electrons. The molecule has 0 heterocycles. The van der Waals surface area contributed by atoms with Gasteiger partial charge in [0.1, 0.15) is 11.4 Å². The maximum Gasteiger partial charge on any atom is 0.461 e. The molecule has 0 aromatic heterocycles. The Morgan fingerprint density at radius 1 is 1.00 bits per heavy atom. The molecule has 0 aliphatic heterocycles. The lowest BCUT2D eigenvalue weighted by molar-refractivity contribution is -0.253. The highest BCUT2D eigenvalue weighted by molar-refractivity contribution is 6.05. The fraction of sp³-hybridized carbons (Fsp3) is 0.238. The third kappa shape index (κ3) is 6.61. The summed E-state index contributed by atoms with van der Waals surface area (Å²) in [7, 11) is 0. The summed E-state index contributed by atoms with van der Waals surface area (Å²) < 4.78 is 54.4. The molecule has 0 saturated carbocycles. The number of nitrogens with one attached hydrogen (secondary N) is 2. The summed E-state index contributed by atoms with van der Waals surface area (Å²) in [6.45, 7) is 3.48. The van der Waals surface area contributed by atoms with Crippen molar-refractivity contribution in [3.05, 3.63) is 71.4 Å². The molecule has 0 unspecified atom stereocenters. The second kappa shape index (κ2) is 9.91. The molecule has 0 aliphatic carbocycles. The Kier molecular flexibility index (Phi) is 7.57. The smallest absolute Gasteiger partial charge is 0.428 e. The van der Waals surface area contributed by atoms with Crippen LogP contribution in [0, 0.1) is 0 Å². The van der Waals surface area contributed by atoms with Gasteiger partial charge in [-0.15, -0.1) is 0 Å². The Hall–Kier alpha value is -3.36. The fourth-order valence-corrected chi connectivity index (χ4v) is 2.28. The van der Waals surface area contributed by atoms with Gasteiger partial charge in [0.15, 0.2) is 0 Å². The van der Waals surface area contributed by atoms with Crippen molar-refractivity contribution < 1.29 is 31.9 Å². The number of ether oxygens (including phenoxy) is 1. The van der Waals surface area contributed by atoms with E-state index in [1.807, 2.05) is 0 Å². The summed E-state index contributed by atoms with van der Waals surface area (Å²) in [5.74, 6) is -1.55. The second-order valence-electron chi connectivity index (χ2n) is 6.54. The molecule has 0 saturated heterocycles. The van der Waals surface area contributed by atoms with Gasteiger partial charge in [-0.3, -0.25) is 9.59 Å². The first-order valence-corrected chi connectivity index (χ1v) is 8.92. The van der Waals surface area contributed by atoms with E-state index in [2.05, 4.69) is 15.4 Å². The molecule has 0 radical (unpaired) electrons. The predicted octanol–water partition coefficient (Wildman–Crippen LogP) is 4.22. The van der Waals surface area contributed by atoms with Crippen molar-refractivity contribution in [3.63, 3.8) is 0 Å². The minimum Gasteiger partial charge on any atom is -0.428 e. The van der Waals surface area contributed by atoms with Crippen molar-refractivity contribution >= 4 is 17.9 Å². The molecular formula is C21H20F4N2O3. The quantitative estimate of drug-likeness (QED) is 0.493. The van der Waals surface area contributed by atoms with Crippen LogP contribution in [0.2, 0.25) is 0 Å². The Labute approximate surface area is 170 Å². The summed E-state index contributed by atoms with van der Waals surface area (Å²) in [6, 6.07) is 12.7. The highest BCUT2D eigenvalue weighted by Gasteiger charge is 2.43. The van der Waals surface area contributed by atoms with Gasteiger partial charge in [-0.1, -0.05) is 30.3 Å².